The molecule has 2 rings (SSSR count). The Kier molecular flexibility index (Phi) is 9.28. The van der Waals surface area contributed by atoms with Crippen LogP contribution in [0.25, 0.3) is 0 Å². The van der Waals surface area contributed by atoms with Gasteiger partial charge in [-0.3, -0.25) is 4.79 Å². The Morgan fingerprint density at radius 2 is 1.71 bits per heavy atom. The fourth-order valence-corrected chi connectivity index (χ4v) is 2.37. The van der Waals surface area contributed by atoms with E-state index in [1.54, 1.807) is 0 Å². The van der Waals surface area contributed by atoms with Gasteiger partial charge in [-0.2, -0.15) is 0 Å². The molecule has 166 valence electrons. The monoisotopic (exact) mass is 433 g/mol. The van der Waals surface area contributed by atoms with E-state index in [1.807, 2.05) is 6.92 Å². The molecule has 9 heteroatoms. The molecule has 2 aromatic rings. The predicted octanol–water partition coefficient (Wildman–Crippen LogP) is 3.35. The van der Waals surface area contributed by atoms with E-state index in [0.29, 0.717) is 5.69 Å². The van der Waals surface area contributed by atoms with E-state index in [4.69, 9.17) is 18.9 Å². The quantitative estimate of drug-likeness (QED) is 0.428. The number of carbonyl (C=O) groups is 3. The maximum Gasteiger partial charge on any atom is 0.344 e. The lowest BCUT2D eigenvalue weighted by molar-refractivity contribution is -0.147. The Labute approximate surface area is 179 Å². The summed E-state index contributed by atoms with van der Waals surface area (Å²) in [7, 11) is 1.38. The van der Waals surface area contributed by atoms with E-state index in [9.17, 15) is 18.8 Å². The standard InChI is InChI=1S/C22H24FNO7/c1-3-4-11-29-21(26)14-31-22(27)15-5-10-18(19(12-15)28-2)30-13-20(25)24-17-8-6-16(23)7-9-17/h5-10,12H,3-4,11,13-14H2,1-2H3,(H,24,25). The number of amides is 1. The number of rotatable bonds is 11. The van der Waals surface area contributed by atoms with Crippen LogP contribution in [0.15, 0.2) is 42.5 Å². The highest BCUT2D eigenvalue weighted by atomic mass is 19.1. The summed E-state index contributed by atoms with van der Waals surface area (Å²) in [6.45, 7) is 1.42. The van der Waals surface area contributed by atoms with Crippen LogP contribution in [-0.4, -0.2) is 44.8 Å². The summed E-state index contributed by atoms with van der Waals surface area (Å²) in [5.74, 6) is -1.79. The third kappa shape index (κ3) is 7.96. The molecule has 0 fully saturated rings. The Morgan fingerprint density at radius 3 is 2.39 bits per heavy atom. The summed E-state index contributed by atoms with van der Waals surface area (Å²) >= 11 is 0. The van der Waals surface area contributed by atoms with Crippen molar-refractivity contribution in [2.75, 3.05) is 32.2 Å². The average Bonchev–Trinajstić information content (AvgIpc) is 2.77. The van der Waals surface area contributed by atoms with Crippen LogP contribution in [0.1, 0.15) is 30.1 Å². The molecule has 31 heavy (non-hydrogen) atoms. The van der Waals surface area contributed by atoms with Crippen LogP contribution >= 0.6 is 0 Å². The molecule has 0 unspecified atom stereocenters. The van der Waals surface area contributed by atoms with Crippen molar-refractivity contribution in [2.45, 2.75) is 19.8 Å². The second-order valence-corrected chi connectivity index (χ2v) is 6.36. The zero-order valence-electron chi connectivity index (χ0n) is 17.3. The predicted molar refractivity (Wildman–Crippen MR) is 110 cm³/mol. The molecule has 0 aliphatic carbocycles. The van der Waals surface area contributed by atoms with E-state index >= 15 is 0 Å². The van der Waals surface area contributed by atoms with Crippen molar-refractivity contribution < 1.29 is 37.7 Å². The van der Waals surface area contributed by atoms with E-state index in [0.717, 1.165) is 12.8 Å². The first-order chi connectivity index (χ1) is 14.9. The van der Waals surface area contributed by atoms with Gasteiger partial charge in [-0.1, -0.05) is 13.3 Å². The molecule has 8 nitrogen and oxygen atoms in total. The van der Waals surface area contributed by atoms with Crippen molar-refractivity contribution in [3.8, 4) is 11.5 Å². The molecule has 0 spiro atoms. The topological polar surface area (TPSA) is 100 Å². The number of halogens is 1. The maximum atomic E-state index is 12.9. The van der Waals surface area contributed by atoms with Gasteiger partial charge >= 0.3 is 11.9 Å². The number of ether oxygens (including phenoxy) is 4. The summed E-state index contributed by atoms with van der Waals surface area (Å²) in [5.41, 5.74) is 0.564. The first-order valence-electron chi connectivity index (χ1n) is 9.62. The Balaban J connectivity index is 1.88. The highest BCUT2D eigenvalue weighted by Crippen LogP contribution is 2.28. The number of methoxy groups -OCH3 is 1. The molecule has 0 heterocycles. The molecule has 0 saturated carbocycles. The molecule has 0 bridgehead atoms. The third-order valence-electron chi connectivity index (χ3n) is 3.97. The molecule has 0 radical (unpaired) electrons. The summed E-state index contributed by atoms with van der Waals surface area (Å²) in [6.07, 6.45) is 1.62. The summed E-state index contributed by atoms with van der Waals surface area (Å²) in [4.78, 5) is 35.7. The van der Waals surface area contributed by atoms with Gasteiger partial charge in [0.1, 0.15) is 5.82 Å². The number of nitrogens with one attached hydrogen (secondary N) is 1. The lowest BCUT2D eigenvalue weighted by atomic mass is 10.2. The molecule has 0 atom stereocenters. The lowest BCUT2D eigenvalue weighted by Gasteiger charge is -2.12. The number of benzene rings is 2. The second kappa shape index (κ2) is 12.2. The Bertz CT molecular complexity index is 899. The maximum absolute atomic E-state index is 12.9. The molecular weight excluding hydrogens is 409 g/mol. The van der Waals surface area contributed by atoms with Gasteiger partial charge in [0, 0.05) is 5.69 Å². The van der Waals surface area contributed by atoms with Gasteiger partial charge in [-0.15, -0.1) is 0 Å². The third-order valence-corrected chi connectivity index (χ3v) is 3.97. The van der Waals surface area contributed by atoms with Gasteiger partial charge in [0.15, 0.2) is 24.7 Å². The summed E-state index contributed by atoms with van der Waals surface area (Å²) < 4.78 is 33.4. The molecule has 0 aliphatic rings. The van der Waals surface area contributed by atoms with Gasteiger partial charge < -0.3 is 24.3 Å². The number of hydrogen-bond acceptors (Lipinski definition) is 7. The highest BCUT2D eigenvalue weighted by Gasteiger charge is 2.15. The summed E-state index contributed by atoms with van der Waals surface area (Å²) in [6, 6.07) is 9.53. The van der Waals surface area contributed by atoms with Crippen molar-refractivity contribution in [3.05, 3.63) is 53.8 Å². The fourth-order valence-electron chi connectivity index (χ4n) is 2.37. The van der Waals surface area contributed by atoms with Crippen molar-refractivity contribution in [3.63, 3.8) is 0 Å². The Hall–Kier alpha value is -3.62. The van der Waals surface area contributed by atoms with Gasteiger partial charge in [0.05, 0.1) is 19.3 Å². The molecule has 1 amide bonds. The van der Waals surface area contributed by atoms with Crippen LogP contribution in [0.5, 0.6) is 11.5 Å². The molecule has 2 aromatic carbocycles. The van der Waals surface area contributed by atoms with Crippen molar-refractivity contribution in [1.82, 2.24) is 0 Å². The molecule has 0 saturated heterocycles. The smallest absolute Gasteiger partial charge is 0.344 e. The second-order valence-electron chi connectivity index (χ2n) is 6.36. The first-order valence-corrected chi connectivity index (χ1v) is 9.62. The van der Waals surface area contributed by atoms with Crippen LogP contribution in [0.4, 0.5) is 10.1 Å². The van der Waals surface area contributed by atoms with Gasteiger partial charge in [-0.05, 0) is 48.9 Å². The number of unbranched alkanes of at least 4 members (excludes halogenated alkanes) is 1. The van der Waals surface area contributed by atoms with Gasteiger partial charge in [0.25, 0.3) is 5.91 Å². The van der Waals surface area contributed by atoms with E-state index < -0.39 is 30.3 Å². The Morgan fingerprint density at radius 1 is 0.968 bits per heavy atom. The first kappa shape index (κ1) is 23.7. The molecule has 0 aliphatic heterocycles. The summed E-state index contributed by atoms with van der Waals surface area (Å²) in [5, 5.41) is 2.56. The highest BCUT2D eigenvalue weighted by molar-refractivity contribution is 5.92. The normalized spacial score (nSPS) is 10.2. The molecule has 0 aromatic heterocycles. The van der Waals surface area contributed by atoms with Gasteiger partial charge in [0.2, 0.25) is 0 Å². The lowest BCUT2D eigenvalue weighted by Crippen LogP contribution is -2.20. The fraction of sp³-hybridized carbons (Fsp3) is 0.318. The van der Waals surface area contributed by atoms with Crippen molar-refractivity contribution in [1.29, 1.82) is 0 Å². The minimum atomic E-state index is -0.730. The number of anilines is 1. The molecule has 1 N–H and O–H groups in total. The minimum absolute atomic E-state index is 0.140. The zero-order valence-corrected chi connectivity index (χ0v) is 17.3. The van der Waals surface area contributed by atoms with E-state index in [2.05, 4.69) is 5.32 Å². The average molecular weight is 433 g/mol. The zero-order chi connectivity index (χ0) is 22.6. The number of carbonyl (C=O) groups excluding carboxylic acids is 3. The van der Waals surface area contributed by atoms with Crippen LogP contribution in [-0.2, 0) is 19.1 Å². The van der Waals surface area contributed by atoms with Crippen LogP contribution in [0, 0.1) is 5.82 Å². The van der Waals surface area contributed by atoms with Crippen LogP contribution in [0.3, 0.4) is 0 Å². The van der Waals surface area contributed by atoms with Crippen LogP contribution < -0.4 is 14.8 Å². The number of hydrogen-bond donors (Lipinski definition) is 1. The van der Waals surface area contributed by atoms with Crippen LogP contribution in [0.2, 0.25) is 0 Å². The SMILES string of the molecule is CCCCOC(=O)COC(=O)c1ccc(OCC(=O)Nc2ccc(F)cc2)c(OC)c1. The van der Waals surface area contributed by atoms with Crippen molar-refractivity contribution >= 4 is 23.5 Å². The van der Waals surface area contributed by atoms with Crippen molar-refractivity contribution in [2.24, 2.45) is 0 Å². The number of esters is 2. The van der Waals surface area contributed by atoms with Gasteiger partial charge in [-0.25, -0.2) is 14.0 Å². The largest absolute Gasteiger partial charge is 0.493 e. The van der Waals surface area contributed by atoms with E-state index in [-0.39, 0.29) is 30.3 Å². The molecular formula is C22H24FNO7. The van der Waals surface area contributed by atoms with E-state index in [1.165, 1.54) is 49.6 Å². The minimum Gasteiger partial charge on any atom is -0.493 e.